The Morgan fingerprint density at radius 3 is 2.47 bits per heavy atom. The number of aryl methyl sites for hydroxylation is 2. The molecule has 0 bridgehead atoms. The SMILES string of the molecule is Cc1ccc(C)c(C(N)CN(C)CCC(F)(F)F)c1. The molecule has 0 aromatic heterocycles. The van der Waals surface area contributed by atoms with Crippen molar-refractivity contribution in [2.75, 3.05) is 20.1 Å². The Labute approximate surface area is 112 Å². The van der Waals surface area contributed by atoms with Crippen LogP contribution in [0.3, 0.4) is 0 Å². The molecule has 0 heterocycles. The van der Waals surface area contributed by atoms with Gasteiger partial charge in [-0.1, -0.05) is 23.8 Å². The van der Waals surface area contributed by atoms with Gasteiger partial charge in [0.2, 0.25) is 0 Å². The molecule has 1 aromatic carbocycles. The van der Waals surface area contributed by atoms with Crippen molar-refractivity contribution in [3.63, 3.8) is 0 Å². The number of halogens is 3. The van der Waals surface area contributed by atoms with E-state index in [1.165, 1.54) is 0 Å². The molecule has 0 amide bonds. The summed E-state index contributed by atoms with van der Waals surface area (Å²) < 4.78 is 36.4. The van der Waals surface area contributed by atoms with E-state index < -0.39 is 12.6 Å². The van der Waals surface area contributed by atoms with Crippen LogP contribution in [0.1, 0.15) is 29.2 Å². The van der Waals surface area contributed by atoms with Crippen molar-refractivity contribution in [1.29, 1.82) is 0 Å². The van der Waals surface area contributed by atoms with Crippen molar-refractivity contribution in [3.05, 3.63) is 34.9 Å². The second-order valence-electron chi connectivity index (χ2n) is 5.09. The first-order valence-electron chi connectivity index (χ1n) is 6.27. The van der Waals surface area contributed by atoms with Crippen LogP contribution in [0.4, 0.5) is 13.2 Å². The van der Waals surface area contributed by atoms with E-state index >= 15 is 0 Å². The minimum Gasteiger partial charge on any atom is -0.323 e. The summed E-state index contributed by atoms with van der Waals surface area (Å²) in [5.74, 6) is 0. The zero-order chi connectivity index (χ0) is 14.6. The standard InChI is InChI=1S/C14H21F3N2/c1-10-4-5-11(2)12(8-10)13(18)9-19(3)7-6-14(15,16)17/h4-5,8,13H,6-7,9,18H2,1-3H3. The molecular weight excluding hydrogens is 253 g/mol. The van der Waals surface area contributed by atoms with E-state index in [2.05, 4.69) is 0 Å². The molecule has 5 heteroatoms. The Morgan fingerprint density at radius 1 is 1.26 bits per heavy atom. The van der Waals surface area contributed by atoms with Gasteiger partial charge in [0.05, 0.1) is 6.42 Å². The van der Waals surface area contributed by atoms with Gasteiger partial charge in [-0.3, -0.25) is 0 Å². The summed E-state index contributed by atoms with van der Waals surface area (Å²) in [7, 11) is 1.66. The van der Waals surface area contributed by atoms with Gasteiger partial charge >= 0.3 is 6.18 Å². The van der Waals surface area contributed by atoms with E-state index in [9.17, 15) is 13.2 Å². The monoisotopic (exact) mass is 274 g/mol. The summed E-state index contributed by atoms with van der Waals surface area (Å²) in [6.07, 6.45) is -4.92. The van der Waals surface area contributed by atoms with Crippen LogP contribution in [-0.4, -0.2) is 31.2 Å². The first-order valence-corrected chi connectivity index (χ1v) is 6.27. The van der Waals surface area contributed by atoms with Crippen molar-refractivity contribution in [1.82, 2.24) is 4.90 Å². The molecule has 1 aromatic rings. The van der Waals surface area contributed by atoms with Crippen molar-refractivity contribution in [2.24, 2.45) is 5.73 Å². The Morgan fingerprint density at radius 2 is 1.89 bits per heavy atom. The fourth-order valence-corrected chi connectivity index (χ4v) is 2.00. The third kappa shape index (κ3) is 5.61. The first-order chi connectivity index (χ1) is 8.69. The molecule has 0 radical (unpaired) electrons. The smallest absolute Gasteiger partial charge is 0.323 e. The lowest BCUT2D eigenvalue weighted by Crippen LogP contribution is -2.32. The van der Waals surface area contributed by atoms with Gasteiger partial charge in [0.1, 0.15) is 0 Å². The minimum absolute atomic E-state index is 0.0257. The third-order valence-corrected chi connectivity index (χ3v) is 3.12. The molecule has 0 aliphatic carbocycles. The zero-order valence-corrected chi connectivity index (χ0v) is 11.6. The molecule has 0 aliphatic rings. The molecule has 0 saturated heterocycles. The van der Waals surface area contributed by atoms with Crippen molar-refractivity contribution in [2.45, 2.75) is 32.5 Å². The molecule has 0 fully saturated rings. The summed E-state index contributed by atoms with van der Waals surface area (Å²) in [6, 6.07) is 5.72. The molecule has 2 nitrogen and oxygen atoms in total. The summed E-state index contributed by atoms with van der Waals surface area (Å²) in [5, 5.41) is 0. The van der Waals surface area contributed by atoms with Crippen LogP contribution >= 0.6 is 0 Å². The molecule has 2 N–H and O–H groups in total. The van der Waals surface area contributed by atoms with Crippen LogP contribution < -0.4 is 5.73 Å². The van der Waals surface area contributed by atoms with Crippen LogP contribution in [-0.2, 0) is 0 Å². The van der Waals surface area contributed by atoms with Crippen molar-refractivity contribution in [3.8, 4) is 0 Å². The van der Waals surface area contributed by atoms with E-state index in [0.717, 1.165) is 16.7 Å². The molecule has 19 heavy (non-hydrogen) atoms. The second kappa shape index (κ2) is 6.39. The highest BCUT2D eigenvalue weighted by atomic mass is 19.4. The van der Waals surface area contributed by atoms with Crippen LogP contribution in [0, 0.1) is 13.8 Å². The fraction of sp³-hybridized carbons (Fsp3) is 0.571. The Kier molecular flexibility index (Phi) is 5.38. The number of hydrogen-bond acceptors (Lipinski definition) is 2. The van der Waals surface area contributed by atoms with E-state index in [-0.39, 0.29) is 12.6 Å². The van der Waals surface area contributed by atoms with Gasteiger partial charge in [0, 0.05) is 19.1 Å². The van der Waals surface area contributed by atoms with Gasteiger partial charge < -0.3 is 10.6 Å². The van der Waals surface area contributed by atoms with E-state index in [4.69, 9.17) is 5.73 Å². The number of alkyl halides is 3. The average molecular weight is 274 g/mol. The quantitative estimate of drug-likeness (QED) is 0.893. The molecule has 0 spiro atoms. The summed E-state index contributed by atoms with van der Waals surface area (Å²) in [4.78, 5) is 1.62. The van der Waals surface area contributed by atoms with Gasteiger partial charge in [0.25, 0.3) is 0 Å². The minimum atomic E-state index is -4.11. The van der Waals surface area contributed by atoms with Crippen LogP contribution in [0.5, 0.6) is 0 Å². The van der Waals surface area contributed by atoms with E-state index in [1.54, 1.807) is 11.9 Å². The maximum atomic E-state index is 12.1. The van der Waals surface area contributed by atoms with E-state index in [0.29, 0.717) is 6.54 Å². The normalized spacial score (nSPS) is 13.9. The van der Waals surface area contributed by atoms with Crippen molar-refractivity contribution >= 4 is 0 Å². The number of nitrogens with two attached hydrogens (primary N) is 1. The van der Waals surface area contributed by atoms with Gasteiger partial charge in [0.15, 0.2) is 0 Å². The lowest BCUT2D eigenvalue weighted by Gasteiger charge is -2.23. The molecule has 108 valence electrons. The highest BCUT2D eigenvalue weighted by Crippen LogP contribution is 2.21. The predicted molar refractivity (Wildman–Crippen MR) is 71.0 cm³/mol. The second-order valence-corrected chi connectivity index (χ2v) is 5.09. The molecule has 1 unspecified atom stereocenters. The van der Waals surface area contributed by atoms with Gasteiger partial charge in [-0.2, -0.15) is 13.2 Å². The average Bonchev–Trinajstić information content (AvgIpc) is 2.28. The maximum absolute atomic E-state index is 12.1. The Balaban J connectivity index is 2.59. The largest absolute Gasteiger partial charge is 0.390 e. The number of nitrogens with zero attached hydrogens (tertiary/aromatic N) is 1. The summed E-state index contributed by atoms with van der Waals surface area (Å²) in [6.45, 7) is 4.33. The Hall–Kier alpha value is -1.07. The van der Waals surface area contributed by atoms with Crippen LogP contribution in [0.25, 0.3) is 0 Å². The van der Waals surface area contributed by atoms with Crippen LogP contribution in [0.15, 0.2) is 18.2 Å². The predicted octanol–water partition coefficient (Wildman–Crippen LogP) is 3.19. The van der Waals surface area contributed by atoms with Crippen LogP contribution in [0.2, 0.25) is 0 Å². The highest BCUT2D eigenvalue weighted by Gasteiger charge is 2.27. The summed E-state index contributed by atoms with van der Waals surface area (Å²) >= 11 is 0. The third-order valence-electron chi connectivity index (χ3n) is 3.12. The topological polar surface area (TPSA) is 29.3 Å². The first kappa shape index (κ1) is 16.0. The molecule has 0 aliphatic heterocycles. The maximum Gasteiger partial charge on any atom is 0.390 e. The Bertz CT molecular complexity index is 416. The number of hydrogen-bond donors (Lipinski definition) is 1. The van der Waals surface area contributed by atoms with Crippen molar-refractivity contribution < 1.29 is 13.2 Å². The van der Waals surface area contributed by atoms with E-state index in [1.807, 2.05) is 32.0 Å². The zero-order valence-electron chi connectivity index (χ0n) is 11.6. The molecule has 0 saturated carbocycles. The molecule has 1 atom stereocenters. The molecular formula is C14H21F3N2. The fourth-order valence-electron chi connectivity index (χ4n) is 2.00. The number of benzene rings is 1. The van der Waals surface area contributed by atoms with Gasteiger partial charge in [-0.05, 0) is 32.0 Å². The lowest BCUT2D eigenvalue weighted by molar-refractivity contribution is -0.137. The highest BCUT2D eigenvalue weighted by molar-refractivity contribution is 5.32. The lowest BCUT2D eigenvalue weighted by atomic mass is 9.99. The summed E-state index contributed by atoms with van der Waals surface area (Å²) in [5.41, 5.74) is 9.26. The van der Waals surface area contributed by atoms with Gasteiger partial charge in [-0.15, -0.1) is 0 Å². The number of likely N-dealkylation sites (N-methyl/N-ethyl adjacent to an activating group) is 1. The number of rotatable bonds is 5. The molecule has 1 rings (SSSR count). The van der Waals surface area contributed by atoms with Gasteiger partial charge in [-0.25, -0.2) is 0 Å².